The van der Waals surface area contributed by atoms with Crippen molar-refractivity contribution in [2.24, 2.45) is 0 Å². The lowest BCUT2D eigenvalue weighted by Gasteiger charge is -2.39. The van der Waals surface area contributed by atoms with Crippen LogP contribution in [0.2, 0.25) is 0 Å². The molecule has 34 heavy (non-hydrogen) atoms. The Balaban J connectivity index is 1.54. The number of halogens is 1. The summed E-state index contributed by atoms with van der Waals surface area (Å²) in [6.45, 7) is 7.33. The molecular formula is C24H33FN4O5. The number of para-hydroxylation sites is 1. The van der Waals surface area contributed by atoms with E-state index in [9.17, 15) is 14.0 Å². The third-order valence-electron chi connectivity index (χ3n) is 5.62. The fraction of sp³-hybridized carbons (Fsp3) is 0.500. The number of hydrogen-bond acceptors (Lipinski definition) is 7. The summed E-state index contributed by atoms with van der Waals surface area (Å²) in [7, 11) is 0. The van der Waals surface area contributed by atoms with Gasteiger partial charge in [0, 0.05) is 45.9 Å². The highest BCUT2D eigenvalue weighted by molar-refractivity contribution is 6.35. The van der Waals surface area contributed by atoms with Crippen molar-refractivity contribution < 1.29 is 27.9 Å². The van der Waals surface area contributed by atoms with Crippen molar-refractivity contribution in [3.05, 3.63) is 54.2 Å². The van der Waals surface area contributed by atoms with Gasteiger partial charge in [0.2, 0.25) is 0 Å². The van der Waals surface area contributed by atoms with Gasteiger partial charge in [-0.1, -0.05) is 12.1 Å². The van der Waals surface area contributed by atoms with E-state index < -0.39 is 18.1 Å². The molecule has 1 aromatic heterocycles. The lowest BCUT2D eigenvalue weighted by molar-refractivity contribution is -0.146. The average Bonchev–Trinajstić information content (AvgIpc) is 3.38. The first kappa shape index (κ1) is 25.7. The molecule has 1 aliphatic rings. The molecule has 0 unspecified atom stereocenters. The van der Waals surface area contributed by atoms with Crippen LogP contribution < -0.4 is 15.5 Å². The van der Waals surface area contributed by atoms with Crippen LogP contribution >= 0.6 is 0 Å². The molecule has 9 nitrogen and oxygen atoms in total. The maximum atomic E-state index is 14.2. The Hall–Kier alpha value is -2.95. The summed E-state index contributed by atoms with van der Waals surface area (Å²) in [5, 5.41) is 5.24. The second-order valence-electron chi connectivity index (χ2n) is 7.77. The molecule has 2 heterocycles. The van der Waals surface area contributed by atoms with Gasteiger partial charge < -0.3 is 29.4 Å². The molecule has 1 saturated heterocycles. The van der Waals surface area contributed by atoms with Crippen molar-refractivity contribution in [3.63, 3.8) is 0 Å². The summed E-state index contributed by atoms with van der Waals surface area (Å²) in [6, 6.07) is 10.1. The zero-order valence-corrected chi connectivity index (χ0v) is 19.7. The molecule has 0 spiro atoms. The van der Waals surface area contributed by atoms with Crippen LogP contribution in [0.25, 0.3) is 0 Å². The number of amides is 2. The first-order valence-electron chi connectivity index (χ1n) is 11.6. The van der Waals surface area contributed by atoms with E-state index in [1.165, 1.54) is 6.07 Å². The Kier molecular flexibility index (Phi) is 9.87. The van der Waals surface area contributed by atoms with Crippen molar-refractivity contribution >= 4 is 17.5 Å². The van der Waals surface area contributed by atoms with Gasteiger partial charge in [0.25, 0.3) is 0 Å². The van der Waals surface area contributed by atoms with Crippen LogP contribution in [-0.2, 0) is 19.1 Å². The minimum atomic E-state index is -0.757. The maximum Gasteiger partial charge on any atom is 0.309 e. The number of nitrogens with zero attached hydrogens (tertiary/aromatic N) is 2. The van der Waals surface area contributed by atoms with E-state index in [2.05, 4.69) is 15.5 Å². The largest absolute Gasteiger partial charge is 0.468 e. The fourth-order valence-corrected chi connectivity index (χ4v) is 3.94. The van der Waals surface area contributed by atoms with Gasteiger partial charge in [-0.3, -0.25) is 14.5 Å². The lowest BCUT2D eigenvalue weighted by Crippen LogP contribution is -2.51. The molecule has 2 amide bonds. The monoisotopic (exact) mass is 476 g/mol. The molecule has 10 heteroatoms. The molecule has 0 aliphatic carbocycles. The smallest absolute Gasteiger partial charge is 0.309 e. The summed E-state index contributed by atoms with van der Waals surface area (Å²) in [5.41, 5.74) is 0.582. The van der Waals surface area contributed by atoms with Crippen LogP contribution in [0.5, 0.6) is 0 Å². The molecule has 186 valence electrons. The summed E-state index contributed by atoms with van der Waals surface area (Å²) < 4.78 is 30.5. The van der Waals surface area contributed by atoms with E-state index in [0.717, 1.165) is 0 Å². The van der Waals surface area contributed by atoms with E-state index in [1.807, 2.05) is 30.9 Å². The molecule has 2 N–H and O–H groups in total. The number of nitrogens with one attached hydrogen (secondary N) is 2. The molecule has 1 aromatic carbocycles. The van der Waals surface area contributed by atoms with Crippen LogP contribution in [0.4, 0.5) is 10.1 Å². The molecule has 3 rings (SSSR count). The van der Waals surface area contributed by atoms with E-state index in [-0.39, 0.29) is 24.9 Å². The second-order valence-corrected chi connectivity index (χ2v) is 7.77. The summed E-state index contributed by atoms with van der Waals surface area (Å²) >= 11 is 0. The summed E-state index contributed by atoms with van der Waals surface area (Å²) in [4.78, 5) is 28.8. The number of rotatable bonds is 11. The molecule has 0 bridgehead atoms. The minimum Gasteiger partial charge on any atom is -0.468 e. The number of ether oxygens (including phenoxy) is 2. The predicted octanol–water partition coefficient (Wildman–Crippen LogP) is 1.91. The third kappa shape index (κ3) is 7.02. The number of benzene rings is 1. The van der Waals surface area contributed by atoms with Crippen molar-refractivity contribution in [3.8, 4) is 0 Å². The first-order chi connectivity index (χ1) is 16.5. The van der Waals surface area contributed by atoms with Gasteiger partial charge >= 0.3 is 11.8 Å². The molecule has 1 aliphatic heterocycles. The normalized spacial score (nSPS) is 15.4. The van der Waals surface area contributed by atoms with Crippen LogP contribution in [-0.4, -0.2) is 75.5 Å². The number of carbonyl (C=O) groups excluding carboxylic acids is 2. The number of carbonyl (C=O) groups is 2. The van der Waals surface area contributed by atoms with Gasteiger partial charge in [0.15, 0.2) is 6.29 Å². The highest BCUT2D eigenvalue weighted by atomic mass is 19.1. The van der Waals surface area contributed by atoms with Crippen LogP contribution in [0.3, 0.4) is 0 Å². The lowest BCUT2D eigenvalue weighted by atomic mass is 10.1. The molecule has 1 fully saturated rings. The molecule has 2 aromatic rings. The Morgan fingerprint density at radius 1 is 0.971 bits per heavy atom. The SMILES string of the molecule is CCOC(CNC(=O)C(=O)NC[C@@H](c1ccco1)N1CCN(c2ccccc2F)CC1)OCC. The van der Waals surface area contributed by atoms with E-state index >= 15 is 0 Å². The second kappa shape index (κ2) is 13.1. The van der Waals surface area contributed by atoms with Crippen LogP contribution in [0, 0.1) is 5.82 Å². The van der Waals surface area contributed by atoms with Gasteiger partial charge in [-0.2, -0.15) is 0 Å². The van der Waals surface area contributed by atoms with Crippen LogP contribution in [0.15, 0.2) is 47.1 Å². The van der Waals surface area contributed by atoms with Gasteiger partial charge in [0.1, 0.15) is 11.6 Å². The fourth-order valence-electron chi connectivity index (χ4n) is 3.94. The highest BCUT2D eigenvalue weighted by Crippen LogP contribution is 2.25. The standard InChI is InChI=1S/C24H33FN4O5/c1-3-32-22(33-4-2)17-27-24(31)23(30)26-16-20(21-10-7-15-34-21)29-13-11-28(12-14-29)19-9-6-5-8-18(19)25/h5-10,15,20,22H,3-4,11-14,16-17H2,1-2H3,(H,26,30)(H,27,31)/t20-/m0/s1. The number of anilines is 1. The summed E-state index contributed by atoms with van der Waals surface area (Å²) in [5.74, 6) is -1.05. The number of piperazine rings is 1. The van der Waals surface area contributed by atoms with Gasteiger partial charge in [0.05, 0.1) is 24.5 Å². The third-order valence-corrected chi connectivity index (χ3v) is 5.62. The molecule has 0 saturated carbocycles. The van der Waals surface area contributed by atoms with Gasteiger partial charge in [-0.25, -0.2) is 4.39 Å². The maximum absolute atomic E-state index is 14.2. The summed E-state index contributed by atoms with van der Waals surface area (Å²) in [6.07, 6.45) is 0.974. The quantitative estimate of drug-likeness (QED) is 0.378. The van der Waals surface area contributed by atoms with Gasteiger partial charge in [-0.05, 0) is 38.1 Å². The average molecular weight is 477 g/mol. The number of hydrogen-bond donors (Lipinski definition) is 2. The first-order valence-corrected chi connectivity index (χ1v) is 11.6. The Bertz CT molecular complexity index is 897. The van der Waals surface area contributed by atoms with Gasteiger partial charge in [-0.15, -0.1) is 0 Å². The zero-order valence-electron chi connectivity index (χ0n) is 19.7. The Morgan fingerprint density at radius 3 is 2.21 bits per heavy atom. The highest BCUT2D eigenvalue weighted by Gasteiger charge is 2.29. The molecule has 0 radical (unpaired) electrons. The molecule has 1 atom stereocenters. The number of furan rings is 1. The van der Waals surface area contributed by atoms with E-state index in [4.69, 9.17) is 13.9 Å². The minimum absolute atomic E-state index is 0.0769. The van der Waals surface area contributed by atoms with Crippen molar-refractivity contribution in [1.29, 1.82) is 0 Å². The topological polar surface area (TPSA) is 96.3 Å². The Labute approximate surface area is 199 Å². The zero-order chi connectivity index (χ0) is 24.3. The van der Waals surface area contributed by atoms with Crippen molar-refractivity contribution in [1.82, 2.24) is 15.5 Å². The predicted molar refractivity (Wildman–Crippen MR) is 125 cm³/mol. The van der Waals surface area contributed by atoms with Crippen LogP contribution in [0.1, 0.15) is 25.6 Å². The molecular weight excluding hydrogens is 443 g/mol. The van der Waals surface area contributed by atoms with Crippen molar-refractivity contribution in [2.45, 2.75) is 26.2 Å². The van der Waals surface area contributed by atoms with Crippen molar-refractivity contribution in [2.75, 3.05) is 57.4 Å². The van der Waals surface area contributed by atoms with E-state index in [0.29, 0.717) is 50.8 Å². The van der Waals surface area contributed by atoms with E-state index in [1.54, 1.807) is 24.5 Å². The Morgan fingerprint density at radius 2 is 1.62 bits per heavy atom.